The molecule has 4 aromatic rings. The van der Waals surface area contributed by atoms with Crippen LogP contribution in [0.2, 0.25) is 0 Å². The number of methoxy groups -OCH3 is 1. The smallest absolute Gasteiger partial charge is 0.164 e. The molecule has 260 valence electrons. The van der Waals surface area contributed by atoms with Gasteiger partial charge in [0.1, 0.15) is 31.6 Å². The van der Waals surface area contributed by atoms with Gasteiger partial charge in [-0.2, -0.15) is 0 Å². The number of hydrogen-bond acceptors (Lipinski definition) is 7. The predicted molar refractivity (Wildman–Crippen MR) is 176 cm³/mol. The molecule has 0 amide bonds. The summed E-state index contributed by atoms with van der Waals surface area (Å²) >= 11 is 0. The number of aromatic hydroxyl groups is 1. The van der Waals surface area contributed by atoms with Crippen LogP contribution in [-0.4, -0.2) is 53.5 Å². The summed E-state index contributed by atoms with van der Waals surface area (Å²) in [4.78, 5) is 0. The molecule has 1 aliphatic heterocycles. The van der Waals surface area contributed by atoms with E-state index in [1.165, 1.54) is 7.11 Å². The van der Waals surface area contributed by atoms with Crippen molar-refractivity contribution in [2.45, 2.75) is 74.7 Å². The number of fused-ring (bicyclic) bond motifs is 1. The number of ether oxygens (including phenoxy) is 4. The van der Waals surface area contributed by atoms with Crippen LogP contribution in [0.5, 0.6) is 23.0 Å². The Morgan fingerprint density at radius 3 is 1.82 bits per heavy atom. The second-order valence-electron chi connectivity index (χ2n) is 12.4. The van der Waals surface area contributed by atoms with E-state index in [4.69, 9.17) is 18.9 Å². The molecule has 49 heavy (non-hydrogen) atoms. The first-order chi connectivity index (χ1) is 23.6. The molecule has 2 N–H and O–H groups in total. The van der Waals surface area contributed by atoms with Crippen LogP contribution in [0, 0.1) is 23.3 Å². The molecule has 2 aliphatic carbocycles. The molecule has 3 aliphatic rings. The van der Waals surface area contributed by atoms with Gasteiger partial charge in [-0.25, -0.2) is 17.6 Å². The maximum Gasteiger partial charge on any atom is 0.164 e. The molecule has 6 atom stereocenters. The van der Waals surface area contributed by atoms with Crippen molar-refractivity contribution in [3.05, 3.63) is 108 Å². The van der Waals surface area contributed by atoms with Crippen LogP contribution in [0.1, 0.15) is 38.5 Å². The standard InChI is InChI=1S/C24H23F2O4P.C13H14F2O3/c25-18-14-20(27)22(15-19(18)26)30-21-12-7-13-23(24(21)28)31(29,16-8-3-1-4-9-16)17-10-5-2-6-11-17;1-16-11-5-7(14)8(15)6-12(11)17-9-3-2-4-10-13(9)18-10/h1-6,8-11,14-15,21,23-24,27-28H,7,12-13H2;5-6,9-10,13H,2-4H2,1H3/t21?,23-,24-;9?,10-,13+/m01/s1. The summed E-state index contributed by atoms with van der Waals surface area (Å²) in [6, 6.07) is 21.5. The lowest BCUT2D eigenvalue weighted by Crippen LogP contribution is -2.47. The number of aliphatic hydroxyl groups is 1. The number of aliphatic hydroxyl groups excluding tert-OH is 1. The van der Waals surface area contributed by atoms with Gasteiger partial charge in [0.25, 0.3) is 0 Å². The van der Waals surface area contributed by atoms with E-state index in [2.05, 4.69) is 0 Å². The van der Waals surface area contributed by atoms with Crippen LogP contribution in [0.4, 0.5) is 17.6 Å². The highest BCUT2D eigenvalue weighted by Gasteiger charge is 2.49. The number of rotatable bonds is 8. The molecule has 0 aromatic heterocycles. The summed E-state index contributed by atoms with van der Waals surface area (Å²) in [6.07, 6.45) is 2.84. The van der Waals surface area contributed by atoms with Crippen molar-refractivity contribution < 1.29 is 51.3 Å². The van der Waals surface area contributed by atoms with Gasteiger partial charge in [0.15, 0.2) is 46.3 Å². The summed E-state index contributed by atoms with van der Waals surface area (Å²) in [7, 11) is -1.85. The number of benzene rings is 4. The highest BCUT2D eigenvalue weighted by atomic mass is 31.2. The molecule has 1 heterocycles. The zero-order valence-corrected chi connectivity index (χ0v) is 27.6. The molecule has 2 saturated carbocycles. The van der Waals surface area contributed by atoms with Gasteiger partial charge in [-0.3, -0.25) is 0 Å². The van der Waals surface area contributed by atoms with Crippen molar-refractivity contribution in [3.63, 3.8) is 0 Å². The van der Waals surface area contributed by atoms with E-state index in [0.717, 1.165) is 37.5 Å². The Morgan fingerprint density at radius 1 is 0.694 bits per heavy atom. The van der Waals surface area contributed by atoms with Crippen molar-refractivity contribution in [3.8, 4) is 23.0 Å². The van der Waals surface area contributed by atoms with E-state index >= 15 is 0 Å². The number of phenolic OH excluding ortho intramolecular Hbond substituents is 1. The van der Waals surface area contributed by atoms with Crippen LogP contribution in [0.15, 0.2) is 84.9 Å². The minimum atomic E-state index is -3.25. The summed E-state index contributed by atoms with van der Waals surface area (Å²) in [5.74, 6) is -4.59. The minimum absolute atomic E-state index is 0.0940. The Hall–Kier alpha value is -4.05. The zero-order chi connectivity index (χ0) is 34.7. The molecule has 1 saturated heterocycles. The van der Waals surface area contributed by atoms with E-state index < -0.39 is 54.0 Å². The Bertz CT molecular complexity index is 1750. The van der Waals surface area contributed by atoms with Gasteiger partial charge in [-0.15, -0.1) is 0 Å². The molecule has 2 unspecified atom stereocenters. The van der Waals surface area contributed by atoms with Crippen LogP contribution >= 0.6 is 7.14 Å². The number of phenols is 1. The molecule has 4 aromatic carbocycles. The lowest BCUT2D eigenvalue weighted by molar-refractivity contribution is 0.00808. The first-order valence-corrected chi connectivity index (χ1v) is 18.0. The molecule has 7 rings (SSSR count). The molecule has 0 bridgehead atoms. The largest absolute Gasteiger partial charge is 0.504 e. The Kier molecular flexibility index (Phi) is 10.5. The van der Waals surface area contributed by atoms with E-state index in [0.29, 0.717) is 35.9 Å². The van der Waals surface area contributed by atoms with Crippen LogP contribution in [0.25, 0.3) is 0 Å². The lowest BCUT2D eigenvalue weighted by Gasteiger charge is -2.39. The number of hydrogen-bond donors (Lipinski definition) is 2. The highest BCUT2D eigenvalue weighted by molar-refractivity contribution is 7.79. The quantitative estimate of drug-likeness (QED) is 0.116. The molecule has 0 radical (unpaired) electrons. The zero-order valence-electron chi connectivity index (χ0n) is 26.7. The van der Waals surface area contributed by atoms with Crippen LogP contribution < -0.4 is 24.8 Å². The second-order valence-corrected chi connectivity index (χ2v) is 15.4. The maximum atomic E-state index is 14.6. The molecule has 3 fully saturated rings. The van der Waals surface area contributed by atoms with Crippen molar-refractivity contribution >= 4 is 17.8 Å². The summed E-state index contributed by atoms with van der Waals surface area (Å²) in [5.41, 5.74) is -0.622. The topological polar surface area (TPSA) is 97.8 Å². The van der Waals surface area contributed by atoms with Gasteiger partial charge in [-0.05, 0) is 38.5 Å². The van der Waals surface area contributed by atoms with Crippen molar-refractivity contribution in [2.24, 2.45) is 0 Å². The van der Waals surface area contributed by atoms with Gasteiger partial charge < -0.3 is 33.7 Å². The fraction of sp³-hybridized carbons (Fsp3) is 0.351. The Morgan fingerprint density at radius 2 is 1.20 bits per heavy atom. The third-order valence-electron chi connectivity index (χ3n) is 9.24. The fourth-order valence-corrected chi connectivity index (χ4v) is 10.2. The van der Waals surface area contributed by atoms with Gasteiger partial charge in [0.05, 0.1) is 13.2 Å². The fourth-order valence-electron chi connectivity index (χ4n) is 6.70. The van der Waals surface area contributed by atoms with E-state index in [1.807, 2.05) is 36.4 Å². The first-order valence-electron chi connectivity index (χ1n) is 16.2. The summed E-state index contributed by atoms with van der Waals surface area (Å²) < 4.78 is 89.7. The van der Waals surface area contributed by atoms with E-state index in [1.54, 1.807) is 24.3 Å². The Labute approximate surface area is 281 Å². The van der Waals surface area contributed by atoms with Gasteiger partial charge in [-0.1, -0.05) is 60.7 Å². The monoisotopic (exact) mass is 700 g/mol. The predicted octanol–water partition coefficient (Wildman–Crippen LogP) is 7.02. The van der Waals surface area contributed by atoms with Crippen molar-refractivity contribution in [2.75, 3.05) is 7.11 Å². The normalized spacial score (nSPS) is 24.5. The molecule has 12 heteroatoms. The molecular weight excluding hydrogens is 663 g/mol. The average Bonchev–Trinajstić information content (AvgIpc) is 3.91. The van der Waals surface area contributed by atoms with Crippen LogP contribution in [-0.2, 0) is 9.30 Å². The van der Waals surface area contributed by atoms with E-state index in [-0.39, 0.29) is 35.6 Å². The third kappa shape index (κ3) is 7.44. The van der Waals surface area contributed by atoms with Crippen molar-refractivity contribution in [1.82, 2.24) is 0 Å². The SMILES string of the molecule is COc1cc(F)c(F)cc1OC1CCC[C@H]2O[C@@H]12.O=P(c1ccccc1)(c1ccccc1)[C@H]1CCCC(Oc2cc(F)c(F)cc2O)[C@@H]1O. The van der Waals surface area contributed by atoms with Gasteiger partial charge in [0, 0.05) is 40.5 Å². The first kappa shape index (κ1) is 34.8. The maximum absolute atomic E-state index is 14.6. The second kappa shape index (κ2) is 14.8. The average molecular weight is 701 g/mol. The van der Waals surface area contributed by atoms with Gasteiger partial charge in [0.2, 0.25) is 0 Å². The lowest BCUT2D eigenvalue weighted by atomic mass is 9.94. The summed E-state index contributed by atoms with van der Waals surface area (Å²) in [5, 5.41) is 22.4. The molecule has 0 spiro atoms. The summed E-state index contributed by atoms with van der Waals surface area (Å²) in [6.45, 7) is 0. The van der Waals surface area contributed by atoms with Crippen molar-refractivity contribution in [1.29, 1.82) is 0 Å². The highest BCUT2D eigenvalue weighted by Crippen LogP contribution is 2.54. The molecular formula is C37H37F4O7P. The van der Waals surface area contributed by atoms with Gasteiger partial charge >= 0.3 is 0 Å². The molecule has 7 nitrogen and oxygen atoms in total. The third-order valence-corrected chi connectivity index (χ3v) is 12.9. The number of epoxide rings is 1. The number of halogens is 4. The Balaban J connectivity index is 0.000000195. The van der Waals surface area contributed by atoms with E-state index in [9.17, 15) is 32.3 Å². The minimum Gasteiger partial charge on any atom is -0.504 e. The van der Waals surface area contributed by atoms with Crippen LogP contribution in [0.3, 0.4) is 0 Å².